The molecule has 0 aliphatic heterocycles. The number of fused-ring (bicyclic) bond motifs is 2. The van der Waals surface area contributed by atoms with Crippen molar-refractivity contribution in [3.63, 3.8) is 0 Å². The van der Waals surface area contributed by atoms with Crippen LogP contribution in [0, 0.1) is 6.92 Å². The normalized spacial score (nSPS) is 16.7. The SMILES string of the molecule is Cc1nn(-c2nc3ccccc3s2)c2c1C(=O)C[C@@H](c1ccc(Cl)cc1)C2. The Bertz CT molecular complexity index is 1140. The highest BCUT2D eigenvalue weighted by molar-refractivity contribution is 7.20. The van der Waals surface area contributed by atoms with E-state index in [2.05, 4.69) is 11.2 Å². The number of para-hydroxylation sites is 1. The molecule has 0 fully saturated rings. The number of Topliss-reactive ketones (excluding diaryl/α,β-unsaturated/α-hetero) is 1. The van der Waals surface area contributed by atoms with Gasteiger partial charge in [-0.15, -0.1) is 0 Å². The molecule has 2 aromatic heterocycles. The molecule has 27 heavy (non-hydrogen) atoms. The Morgan fingerprint density at radius 1 is 1.11 bits per heavy atom. The highest BCUT2D eigenvalue weighted by Crippen LogP contribution is 2.36. The van der Waals surface area contributed by atoms with Crippen molar-refractivity contribution in [2.75, 3.05) is 0 Å². The summed E-state index contributed by atoms with van der Waals surface area (Å²) >= 11 is 7.62. The number of hydrogen-bond acceptors (Lipinski definition) is 4. The van der Waals surface area contributed by atoms with E-state index in [1.165, 1.54) is 0 Å². The van der Waals surface area contributed by atoms with E-state index in [0.717, 1.165) is 44.3 Å². The van der Waals surface area contributed by atoms with Gasteiger partial charge in [0, 0.05) is 11.4 Å². The van der Waals surface area contributed by atoms with Crippen LogP contribution in [0.3, 0.4) is 0 Å². The van der Waals surface area contributed by atoms with E-state index in [1.807, 2.05) is 54.1 Å². The lowest BCUT2D eigenvalue weighted by atomic mass is 9.81. The van der Waals surface area contributed by atoms with Crippen LogP contribution >= 0.6 is 22.9 Å². The van der Waals surface area contributed by atoms with Crippen molar-refractivity contribution in [2.45, 2.75) is 25.7 Å². The molecule has 2 aromatic carbocycles. The van der Waals surface area contributed by atoms with Gasteiger partial charge in [-0.1, -0.05) is 47.2 Å². The quantitative estimate of drug-likeness (QED) is 0.460. The second-order valence-electron chi connectivity index (χ2n) is 6.86. The minimum Gasteiger partial charge on any atom is -0.294 e. The van der Waals surface area contributed by atoms with Crippen LogP contribution in [0.2, 0.25) is 5.02 Å². The monoisotopic (exact) mass is 393 g/mol. The highest BCUT2D eigenvalue weighted by Gasteiger charge is 2.32. The first-order valence-corrected chi connectivity index (χ1v) is 10.0. The molecule has 0 saturated heterocycles. The van der Waals surface area contributed by atoms with Gasteiger partial charge in [0.1, 0.15) is 0 Å². The summed E-state index contributed by atoms with van der Waals surface area (Å²) in [7, 11) is 0. The van der Waals surface area contributed by atoms with E-state index in [0.29, 0.717) is 11.4 Å². The maximum Gasteiger partial charge on any atom is 0.211 e. The summed E-state index contributed by atoms with van der Waals surface area (Å²) < 4.78 is 2.99. The van der Waals surface area contributed by atoms with Crippen LogP contribution < -0.4 is 0 Å². The van der Waals surface area contributed by atoms with Crippen LogP contribution in [0.15, 0.2) is 48.5 Å². The molecule has 0 bridgehead atoms. The zero-order chi connectivity index (χ0) is 18.5. The van der Waals surface area contributed by atoms with Crippen molar-refractivity contribution < 1.29 is 4.79 Å². The fourth-order valence-electron chi connectivity index (χ4n) is 3.84. The molecule has 2 heterocycles. The third kappa shape index (κ3) is 2.78. The van der Waals surface area contributed by atoms with Crippen LogP contribution in [-0.2, 0) is 6.42 Å². The number of ketones is 1. The second kappa shape index (κ2) is 6.29. The summed E-state index contributed by atoms with van der Waals surface area (Å²) in [4.78, 5) is 17.6. The zero-order valence-corrected chi connectivity index (χ0v) is 16.2. The molecular formula is C21H16ClN3OS. The number of nitrogens with zero attached hydrogens (tertiary/aromatic N) is 3. The largest absolute Gasteiger partial charge is 0.294 e. The Labute approximate surface area is 165 Å². The summed E-state index contributed by atoms with van der Waals surface area (Å²) in [5.41, 5.74) is 4.59. The molecule has 1 aliphatic rings. The lowest BCUT2D eigenvalue weighted by Crippen LogP contribution is -2.20. The minimum absolute atomic E-state index is 0.131. The van der Waals surface area contributed by atoms with Crippen molar-refractivity contribution in [1.29, 1.82) is 0 Å². The number of aromatic nitrogens is 3. The van der Waals surface area contributed by atoms with Gasteiger partial charge in [0.15, 0.2) is 5.78 Å². The van der Waals surface area contributed by atoms with Crippen LogP contribution in [-0.4, -0.2) is 20.5 Å². The number of benzene rings is 2. The van der Waals surface area contributed by atoms with E-state index in [-0.39, 0.29) is 11.7 Å². The van der Waals surface area contributed by atoms with Gasteiger partial charge in [-0.2, -0.15) is 5.10 Å². The molecule has 4 nitrogen and oxygen atoms in total. The number of carbonyl (C=O) groups is 1. The molecule has 1 atom stereocenters. The first-order chi connectivity index (χ1) is 13.1. The molecule has 0 N–H and O–H groups in total. The number of rotatable bonds is 2. The van der Waals surface area contributed by atoms with Gasteiger partial charge in [0.2, 0.25) is 5.13 Å². The summed E-state index contributed by atoms with van der Waals surface area (Å²) in [5, 5.41) is 6.19. The first kappa shape index (κ1) is 16.7. The van der Waals surface area contributed by atoms with Crippen LogP contribution in [0.4, 0.5) is 0 Å². The van der Waals surface area contributed by atoms with E-state index < -0.39 is 0 Å². The predicted molar refractivity (Wildman–Crippen MR) is 108 cm³/mol. The van der Waals surface area contributed by atoms with Gasteiger partial charge in [0.05, 0.1) is 27.2 Å². The molecule has 4 aromatic rings. The Kier molecular flexibility index (Phi) is 3.88. The third-order valence-corrected chi connectivity index (χ3v) is 6.38. The summed E-state index contributed by atoms with van der Waals surface area (Å²) in [6.45, 7) is 1.91. The number of carbonyl (C=O) groups excluding carboxylic acids is 1. The summed E-state index contributed by atoms with van der Waals surface area (Å²) in [5.74, 6) is 0.285. The van der Waals surface area contributed by atoms with Gasteiger partial charge < -0.3 is 0 Å². The molecule has 1 aliphatic carbocycles. The maximum atomic E-state index is 12.9. The average molecular weight is 394 g/mol. The van der Waals surface area contributed by atoms with Gasteiger partial charge in [-0.3, -0.25) is 4.79 Å². The van der Waals surface area contributed by atoms with Crippen molar-refractivity contribution >= 4 is 38.9 Å². The standard InChI is InChI=1S/C21H16ClN3OS/c1-12-20-17(10-14(11-18(20)26)13-6-8-15(22)9-7-13)25(24-12)21-23-16-4-2-3-5-19(16)27-21/h2-9,14H,10-11H2,1H3/t14-/m0/s1. The van der Waals surface area contributed by atoms with Crippen molar-refractivity contribution in [2.24, 2.45) is 0 Å². The van der Waals surface area contributed by atoms with E-state index >= 15 is 0 Å². The minimum atomic E-state index is 0.131. The average Bonchev–Trinajstić information content (AvgIpc) is 3.23. The van der Waals surface area contributed by atoms with Crippen LogP contribution in [0.25, 0.3) is 15.3 Å². The topological polar surface area (TPSA) is 47.8 Å². The second-order valence-corrected chi connectivity index (χ2v) is 8.31. The van der Waals surface area contributed by atoms with Crippen molar-refractivity contribution in [3.8, 4) is 5.13 Å². The lowest BCUT2D eigenvalue weighted by Gasteiger charge is -2.22. The molecule has 0 radical (unpaired) electrons. The number of thiazole rings is 1. The van der Waals surface area contributed by atoms with Gasteiger partial charge in [-0.25, -0.2) is 9.67 Å². The van der Waals surface area contributed by atoms with Crippen LogP contribution in [0.5, 0.6) is 0 Å². The van der Waals surface area contributed by atoms with E-state index in [1.54, 1.807) is 11.3 Å². The van der Waals surface area contributed by atoms with Gasteiger partial charge in [0.25, 0.3) is 0 Å². The Hall–Kier alpha value is -2.50. The Morgan fingerprint density at radius 3 is 2.67 bits per heavy atom. The highest BCUT2D eigenvalue weighted by atomic mass is 35.5. The van der Waals surface area contributed by atoms with Crippen LogP contribution in [0.1, 0.15) is 39.6 Å². The smallest absolute Gasteiger partial charge is 0.211 e. The zero-order valence-electron chi connectivity index (χ0n) is 14.6. The molecule has 6 heteroatoms. The molecule has 134 valence electrons. The molecule has 0 spiro atoms. The lowest BCUT2D eigenvalue weighted by molar-refractivity contribution is 0.0963. The third-order valence-electron chi connectivity index (χ3n) is 5.11. The van der Waals surface area contributed by atoms with Crippen molar-refractivity contribution in [1.82, 2.24) is 14.8 Å². The number of halogens is 1. The predicted octanol–water partition coefficient (Wildman–Crippen LogP) is 5.36. The summed E-state index contributed by atoms with van der Waals surface area (Å²) in [6, 6.07) is 15.8. The fourth-order valence-corrected chi connectivity index (χ4v) is 4.91. The molecule has 0 unspecified atom stereocenters. The molecular weight excluding hydrogens is 378 g/mol. The first-order valence-electron chi connectivity index (χ1n) is 8.83. The molecule has 0 saturated carbocycles. The Morgan fingerprint density at radius 2 is 1.89 bits per heavy atom. The number of hydrogen-bond donors (Lipinski definition) is 0. The van der Waals surface area contributed by atoms with Crippen molar-refractivity contribution in [3.05, 3.63) is 76.1 Å². The number of aryl methyl sites for hydroxylation is 1. The van der Waals surface area contributed by atoms with Gasteiger partial charge >= 0.3 is 0 Å². The van der Waals surface area contributed by atoms with E-state index in [9.17, 15) is 4.79 Å². The Balaban J connectivity index is 1.61. The van der Waals surface area contributed by atoms with Gasteiger partial charge in [-0.05, 0) is 49.1 Å². The maximum absolute atomic E-state index is 12.9. The molecule has 5 rings (SSSR count). The fraction of sp³-hybridized carbons (Fsp3) is 0.190. The summed E-state index contributed by atoms with van der Waals surface area (Å²) in [6.07, 6.45) is 1.26. The molecule has 0 amide bonds. The van der Waals surface area contributed by atoms with E-state index in [4.69, 9.17) is 16.6 Å².